The largest absolute Gasteiger partial charge is 0.352 e. The first-order chi connectivity index (χ1) is 14.9. The molecule has 0 saturated carbocycles. The fourth-order valence-electron chi connectivity index (χ4n) is 3.69. The van der Waals surface area contributed by atoms with Gasteiger partial charge in [-0.1, -0.05) is 19.1 Å². The highest BCUT2D eigenvalue weighted by Gasteiger charge is 2.34. The Labute approximate surface area is 185 Å². The van der Waals surface area contributed by atoms with Crippen LogP contribution >= 0.6 is 11.3 Å². The molecule has 0 bridgehead atoms. The Bertz CT molecular complexity index is 911. The lowest BCUT2D eigenvalue weighted by Crippen LogP contribution is -2.55. The first-order valence-electron chi connectivity index (χ1n) is 10.6. The van der Waals surface area contributed by atoms with Crippen LogP contribution in [0, 0.1) is 11.7 Å². The lowest BCUT2D eigenvalue weighted by molar-refractivity contribution is -0.125. The van der Waals surface area contributed by atoms with Gasteiger partial charge in [-0.3, -0.25) is 14.4 Å². The summed E-state index contributed by atoms with van der Waals surface area (Å²) in [6.07, 6.45) is 1.94. The van der Waals surface area contributed by atoms with Crippen molar-refractivity contribution in [2.45, 2.75) is 45.2 Å². The van der Waals surface area contributed by atoms with E-state index in [1.54, 1.807) is 23.1 Å². The number of hydrogen-bond donors (Lipinski definition) is 2. The van der Waals surface area contributed by atoms with Gasteiger partial charge in [0.2, 0.25) is 5.91 Å². The molecule has 31 heavy (non-hydrogen) atoms. The summed E-state index contributed by atoms with van der Waals surface area (Å²) in [5, 5.41) is 7.70. The predicted octanol–water partition coefficient (Wildman–Crippen LogP) is 3.45. The summed E-state index contributed by atoms with van der Waals surface area (Å²) < 4.78 is 13.5. The average molecular weight is 446 g/mol. The van der Waals surface area contributed by atoms with Crippen LogP contribution in [-0.2, 0) is 4.79 Å². The van der Waals surface area contributed by atoms with Gasteiger partial charge < -0.3 is 15.5 Å². The molecule has 1 saturated heterocycles. The minimum Gasteiger partial charge on any atom is -0.352 e. The van der Waals surface area contributed by atoms with Gasteiger partial charge in [-0.15, -0.1) is 11.3 Å². The van der Waals surface area contributed by atoms with Gasteiger partial charge in [-0.25, -0.2) is 4.39 Å². The number of piperidine rings is 1. The molecule has 8 heteroatoms. The van der Waals surface area contributed by atoms with Crippen LogP contribution in [0.1, 0.15) is 53.1 Å². The Morgan fingerprint density at radius 3 is 2.52 bits per heavy atom. The van der Waals surface area contributed by atoms with E-state index in [1.165, 1.54) is 29.5 Å². The summed E-state index contributed by atoms with van der Waals surface area (Å²) in [6.45, 7) is 4.81. The molecule has 0 unspecified atom stereocenters. The SMILES string of the molecule is CC[C@H](C)NC(=O)[C@@H](NC(=O)c1cccs1)C1CCN(C(=O)c2cccc(F)c2)CC1. The van der Waals surface area contributed by atoms with Crippen LogP contribution < -0.4 is 10.6 Å². The van der Waals surface area contributed by atoms with Crippen molar-refractivity contribution in [2.75, 3.05) is 13.1 Å². The molecule has 0 spiro atoms. The van der Waals surface area contributed by atoms with Crippen LogP contribution in [0.2, 0.25) is 0 Å². The van der Waals surface area contributed by atoms with E-state index in [2.05, 4.69) is 10.6 Å². The summed E-state index contributed by atoms with van der Waals surface area (Å²) in [5.41, 5.74) is 0.315. The molecule has 1 aliphatic rings. The van der Waals surface area contributed by atoms with Crippen LogP contribution in [0.3, 0.4) is 0 Å². The van der Waals surface area contributed by atoms with Gasteiger partial charge in [-0.05, 0) is 61.7 Å². The maximum atomic E-state index is 13.5. The highest BCUT2D eigenvalue weighted by atomic mass is 32.1. The maximum Gasteiger partial charge on any atom is 0.262 e. The van der Waals surface area contributed by atoms with E-state index < -0.39 is 11.9 Å². The zero-order chi connectivity index (χ0) is 22.4. The quantitative estimate of drug-likeness (QED) is 0.685. The third-order valence-electron chi connectivity index (χ3n) is 5.68. The molecule has 0 aliphatic carbocycles. The summed E-state index contributed by atoms with van der Waals surface area (Å²) in [4.78, 5) is 40.5. The standard InChI is InChI=1S/C23H28FN3O3S/c1-3-15(2)25-22(29)20(26-21(28)19-8-5-13-31-19)16-9-11-27(12-10-16)23(30)17-6-4-7-18(24)14-17/h4-8,13-16,20H,3,9-12H2,1-2H3,(H,25,29)(H,26,28)/t15-,20-/m0/s1. The van der Waals surface area contributed by atoms with Crippen molar-refractivity contribution in [3.8, 4) is 0 Å². The molecule has 2 aromatic rings. The Morgan fingerprint density at radius 2 is 1.90 bits per heavy atom. The van der Waals surface area contributed by atoms with Gasteiger partial charge in [0, 0.05) is 24.7 Å². The van der Waals surface area contributed by atoms with Gasteiger partial charge >= 0.3 is 0 Å². The zero-order valence-corrected chi connectivity index (χ0v) is 18.6. The average Bonchev–Trinajstić information content (AvgIpc) is 3.32. The van der Waals surface area contributed by atoms with Crippen molar-refractivity contribution in [1.29, 1.82) is 0 Å². The Morgan fingerprint density at radius 1 is 1.16 bits per heavy atom. The molecule has 2 atom stereocenters. The van der Waals surface area contributed by atoms with Crippen LogP contribution in [0.25, 0.3) is 0 Å². The van der Waals surface area contributed by atoms with E-state index in [-0.39, 0.29) is 29.7 Å². The second-order valence-corrected chi connectivity index (χ2v) is 8.83. The first kappa shape index (κ1) is 22.9. The highest BCUT2D eigenvalue weighted by molar-refractivity contribution is 7.12. The third kappa shape index (κ3) is 5.91. The minimum atomic E-state index is -0.671. The molecule has 6 nitrogen and oxygen atoms in total. The van der Waals surface area contributed by atoms with E-state index >= 15 is 0 Å². The molecule has 1 fully saturated rings. The topological polar surface area (TPSA) is 78.5 Å². The van der Waals surface area contributed by atoms with Crippen molar-refractivity contribution in [3.63, 3.8) is 0 Å². The number of rotatable bonds is 7. The second kappa shape index (κ2) is 10.5. The fraction of sp³-hybridized carbons (Fsp3) is 0.435. The smallest absolute Gasteiger partial charge is 0.262 e. The van der Waals surface area contributed by atoms with Crippen LogP contribution in [-0.4, -0.2) is 47.8 Å². The Hall–Kier alpha value is -2.74. The van der Waals surface area contributed by atoms with E-state index in [4.69, 9.17) is 0 Å². The van der Waals surface area contributed by atoms with Gasteiger partial charge in [0.15, 0.2) is 0 Å². The van der Waals surface area contributed by atoms with Crippen molar-refractivity contribution < 1.29 is 18.8 Å². The molecule has 1 aromatic heterocycles. The second-order valence-electron chi connectivity index (χ2n) is 7.89. The molecule has 0 radical (unpaired) electrons. The predicted molar refractivity (Wildman–Crippen MR) is 118 cm³/mol. The molecular weight excluding hydrogens is 417 g/mol. The summed E-state index contributed by atoms with van der Waals surface area (Å²) >= 11 is 1.33. The number of hydrogen-bond acceptors (Lipinski definition) is 4. The molecular formula is C23H28FN3O3S. The number of nitrogens with zero attached hydrogens (tertiary/aromatic N) is 1. The van der Waals surface area contributed by atoms with Gasteiger partial charge in [0.05, 0.1) is 4.88 Å². The number of halogens is 1. The van der Waals surface area contributed by atoms with E-state index in [1.807, 2.05) is 19.2 Å². The van der Waals surface area contributed by atoms with Gasteiger partial charge in [0.25, 0.3) is 11.8 Å². The van der Waals surface area contributed by atoms with Gasteiger partial charge in [0.1, 0.15) is 11.9 Å². The normalized spacial score (nSPS) is 16.4. The lowest BCUT2D eigenvalue weighted by Gasteiger charge is -2.36. The molecule has 1 aromatic carbocycles. The van der Waals surface area contributed by atoms with Gasteiger partial charge in [-0.2, -0.15) is 0 Å². The Balaban J connectivity index is 1.67. The van der Waals surface area contributed by atoms with Crippen LogP contribution in [0.4, 0.5) is 4.39 Å². The number of carbonyl (C=O) groups excluding carboxylic acids is 3. The molecule has 1 aliphatic heterocycles. The fourth-order valence-corrected chi connectivity index (χ4v) is 4.32. The molecule has 2 heterocycles. The number of thiophene rings is 1. The molecule has 2 N–H and O–H groups in total. The van der Waals surface area contributed by atoms with Crippen molar-refractivity contribution in [3.05, 3.63) is 58.0 Å². The van der Waals surface area contributed by atoms with Crippen molar-refractivity contribution in [1.82, 2.24) is 15.5 Å². The Kier molecular flexibility index (Phi) is 7.79. The minimum absolute atomic E-state index is 0.00304. The van der Waals surface area contributed by atoms with Crippen LogP contribution in [0.15, 0.2) is 41.8 Å². The highest BCUT2D eigenvalue weighted by Crippen LogP contribution is 2.23. The molecule has 166 valence electrons. The monoisotopic (exact) mass is 445 g/mol. The molecule has 3 rings (SSSR count). The maximum absolute atomic E-state index is 13.5. The number of likely N-dealkylation sites (tertiary alicyclic amines) is 1. The van der Waals surface area contributed by atoms with Crippen LogP contribution in [0.5, 0.6) is 0 Å². The number of nitrogens with one attached hydrogen (secondary N) is 2. The van der Waals surface area contributed by atoms with E-state index in [0.717, 1.165) is 6.42 Å². The third-order valence-corrected chi connectivity index (χ3v) is 6.55. The lowest BCUT2D eigenvalue weighted by atomic mass is 9.88. The van der Waals surface area contributed by atoms with Crippen molar-refractivity contribution >= 4 is 29.1 Å². The zero-order valence-electron chi connectivity index (χ0n) is 17.8. The first-order valence-corrected chi connectivity index (χ1v) is 11.5. The summed E-state index contributed by atoms with van der Waals surface area (Å²) in [6, 6.07) is 8.51. The van der Waals surface area contributed by atoms with E-state index in [9.17, 15) is 18.8 Å². The number of benzene rings is 1. The summed E-state index contributed by atoms with van der Waals surface area (Å²) in [5.74, 6) is -1.23. The molecule has 3 amide bonds. The number of amides is 3. The van der Waals surface area contributed by atoms with Crippen molar-refractivity contribution in [2.24, 2.45) is 5.92 Å². The summed E-state index contributed by atoms with van der Waals surface area (Å²) in [7, 11) is 0. The number of carbonyl (C=O) groups is 3. The van der Waals surface area contributed by atoms with E-state index in [0.29, 0.717) is 36.4 Å².